The third-order valence-electron chi connectivity index (χ3n) is 0.821. The maximum absolute atomic E-state index is 8.40. The standard InChI is InChI=1S/H15P13/c1-9(2)12(7)8-13(10(3)4)11(5)6/h8H,1-7H2/i8D. The zero-order valence-corrected chi connectivity index (χ0v) is 20.2. The fraction of sp³-hybridized carbons (Fsp3) is 0. The molecule has 13 heavy (non-hydrogen) atoms. The molecule has 0 aromatic carbocycles. The van der Waals surface area contributed by atoms with Gasteiger partial charge in [-0.15, -0.1) is 62.5 Å². The van der Waals surface area contributed by atoms with Crippen LogP contribution >= 0.6 is 105 Å². The number of rotatable bonds is 5. The van der Waals surface area contributed by atoms with Crippen molar-refractivity contribution >= 4 is 105 Å². The van der Waals surface area contributed by atoms with Gasteiger partial charge in [-0.2, -0.15) is 0 Å². The quantitative estimate of drug-likeness (QED) is 0.415. The van der Waals surface area contributed by atoms with Crippen LogP contribution in [-0.4, -0.2) is 1.28 Å². The molecule has 0 radical (unpaired) electrons. The first-order valence-corrected chi connectivity index (χ1v) is 25.3. The monoisotopic (exact) mass is 419 g/mol. The van der Waals surface area contributed by atoms with Crippen molar-refractivity contribution in [3.05, 3.63) is 0 Å². The van der Waals surface area contributed by atoms with Gasteiger partial charge in [0.1, 0.15) is 0 Å². The van der Waals surface area contributed by atoms with E-state index >= 15 is 0 Å². The Morgan fingerprint density at radius 2 is 1.15 bits per heavy atom. The molecule has 0 saturated carbocycles. The zero-order chi connectivity index (χ0) is 11.5. The van der Waals surface area contributed by atoms with Gasteiger partial charge in [-0.25, -0.2) is 0 Å². The molecule has 0 saturated heterocycles. The molecule has 9 atom stereocenters. The van der Waals surface area contributed by atoms with Crippen molar-refractivity contribution in [2.24, 2.45) is 0 Å². The molecule has 80 valence electrons. The van der Waals surface area contributed by atoms with E-state index in [1.54, 1.807) is 0 Å². The summed E-state index contributed by atoms with van der Waals surface area (Å²) in [5, 5.41) is 0. The van der Waals surface area contributed by atoms with Crippen LogP contribution in [-0.2, 0) is 0 Å². The van der Waals surface area contributed by atoms with Crippen LogP contribution in [0.3, 0.4) is 0 Å². The second kappa shape index (κ2) is 10.4. The Labute approximate surface area is 106 Å². The predicted molar refractivity (Wildman–Crippen MR) is 111 cm³/mol. The average Bonchev–Trinajstić information content (AvgIpc) is 2.01. The summed E-state index contributed by atoms with van der Waals surface area (Å²) >= 11 is 0. The van der Waals surface area contributed by atoms with Gasteiger partial charge in [-0.3, -0.25) is 0 Å². The van der Waals surface area contributed by atoms with Gasteiger partial charge in [-0.05, 0) is 34.9 Å². The van der Waals surface area contributed by atoms with Crippen molar-refractivity contribution in [3.63, 3.8) is 0 Å². The summed E-state index contributed by atoms with van der Waals surface area (Å²) in [6.07, 6.45) is 0. The lowest BCUT2D eigenvalue weighted by Crippen LogP contribution is -1.38. The largest absolute Gasteiger partial charge is 0.102 e. The molecule has 9 unspecified atom stereocenters. The fourth-order valence-electron chi connectivity index (χ4n) is 0.340. The number of hydrogen-bond acceptors (Lipinski definition) is 0. The molecular formula is H15P13. The van der Waals surface area contributed by atoms with Gasteiger partial charge in [0.15, 0.2) is 0 Å². The lowest BCUT2D eigenvalue weighted by atomic mass is 28.7. The molecule has 0 aromatic heterocycles. The summed E-state index contributed by atoms with van der Waals surface area (Å²) in [6.45, 7) is -0.498. The SMILES string of the molecule is [2H]P(P(P)P(P)P)P(P(P)P)P(P)P. The van der Waals surface area contributed by atoms with Gasteiger partial charge in [0.25, 0.3) is 0 Å². The Hall–Kier alpha value is 5.59. The van der Waals surface area contributed by atoms with Gasteiger partial charge in [0.2, 0.25) is 0 Å². The predicted octanol–water partition coefficient (Wildman–Crippen LogP) is 7.18. The van der Waals surface area contributed by atoms with E-state index in [2.05, 4.69) is 62.5 Å². The summed E-state index contributed by atoms with van der Waals surface area (Å²) in [5.74, 6) is 0. The highest BCUT2D eigenvalue weighted by Gasteiger charge is 2.21. The van der Waals surface area contributed by atoms with E-state index in [-0.39, 0.29) is 34.9 Å². The highest BCUT2D eigenvalue weighted by atomic mass is 33.2. The molecular weight excluding hydrogens is 403 g/mol. The summed E-state index contributed by atoms with van der Waals surface area (Å²) in [4.78, 5) is 0. The van der Waals surface area contributed by atoms with Crippen LogP contribution < -0.4 is 0 Å². The molecule has 0 rings (SSSR count). The van der Waals surface area contributed by atoms with Gasteiger partial charge in [0.05, 0.1) is 1.28 Å². The second-order valence-corrected chi connectivity index (χ2v) is 49.1. The molecule has 0 amide bonds. The van der Waals surface area contributed by atoms with E-state index in [9.17, 15) is 0 Å². The van der Waals surface area contributed by atoms with E-state index in [0.29, 0.717) is 0 Å². The molecule has 0 heterocycles. The lowest BCUT2D eigenvalue weighted by molar-refractivity contribution is 4.68. The maximum Gasteiger partial charge on any atom is 0.0689 e. The Balaban J connectivity index is 4.51. The van der Waals surface area contributed by atoms with E-state index < -0.39 is 7.90 Å². The molecule has 0 aliphatic carbocycles. The lowest BCUT2D eigenvalue weighted by Gasteiger charge is -2.29. The van der Waals surface area contributed by atoms with Crippen molar-refractivity contribution in [1.29, 1.82) is 1.28 Å². The van der Waals surface area contributed by atoms with Crippen LogP contribution in [0.15, 0.2) is 0 Å². The van der Waals surface area contributed by atoms with E-state index in [1.807, 2.05) is 0 Å². The zero-order valence-electron chi connectivity index (χ0n) is 7.72. The normalized spacial score (nSPS) is 18.5. The summed E-state index contributed by atoms with van der Waals surface area (Å²) < 4.78 is 8.40. The van der Waals surface area contributed by atoms with Gasteiger partial charge >= 0.3 is 0 Å². The van der Waals surface area contributed by atoms with Gasteiger partial charge in [0, 0.05) is 0 Å². The highest BCUT2D eigenvalue weighted by Crippen LogP contribution is 3.11. The maximum atomic E-state index is 8.40. The second-order valence-electron chi connectivity index (χ2n) is 1.82. The van der Waals surface area contributed by atoms with Crippen LogP contribution in [0, 0.1) is 0 Å². The molecule has 0 fully saturated rings. The number of hydrogen-bond donors (Lipinski definition) is 0. The van der Waals surface area contributed by atoms with Crippen LogP contribution in [0.1, 0.15) is 0 Å². The molecule has 13 heteroatoms. The van der Waals surface area contributed by atoms with Crippen LogP contribution in [0.5, 0.6) is 0 Å². The van der Waals surface area contributed by atoms with Crippen molar-refractivity contribution < 1.29 is 0 Å². The molecule has 0 aromatic rings. The molecule has 0 N–H and O–H groups in total. The highest BCUT2D eigenvalue weighted by molar-refractivity contribution is 9.17. The smallest absolute Gasteiger partial charge is 0.0689 e. The summed E-state index contributed by atoms with van der Waals surface area (Å²) in [6, 6.07) is 0. The first-order valence-electron chi connectivity index (χ1n) is 3.25. The van der Waals surface area contributed by atoms with Crippen molar-refractivity contribution in [2.75, 3.05) is 0 Å². The first-order chi connectivity index (χ1) is 6.29. The van der Waals surface area contributed by atoms with E-state index in [1.165, 1.54) is 0 Å². The van der Waals surface area contributed by atoms with Crippen LogP contribution in [0.2, 0.25) is 0 Å². The van der Waals surface area contributed by atoms with Crippen molar-refractivity contribution in [1.82, 2.24) is 0 Å². The first kappa shape index (κ1) is 16.6. The third kappa shape index (κ3) is 9.17. The topological polar surface area (TPSA) is 0 Å². The Morgan fingerprint density at radius 3 is 1.38 bits per heavy atom. The van der Waals surface area contributed by atoms with Gasteiger partial charge in [-0.1, -0.05) is 7.90 Å². The molecule has 0 bridgehead atoms. The minimum absolute atomic E-state index is 0.0787. The minimum atomic E-state index is -0.520. The Morgan fingerprint density at radius 1 is 0.769 bits per heavy atom. The minimum Gasteiger partial charge on any atom is -0.102 e. The summed E-state index contributed by atoms with van der Waals surface area (Å²) in [5.41, 5.74) is 0. The summed E-state index contributed by atoms with van der Waals surface area (Å²) in [7, 11) is 19.9. The Kier molecular flexibility index (Phi) is 13.3. The molecule has 0 aliphatic heterocycles. The van der Waals surface area contributed by atoms with E-state index in [4.69, 9.17) is 1.28 Å². The molecule has 0 aliphatic rings. The van der Waals surface area contributed by atoms with Crippen LogP contribution in [0.4, 0.5) is 0 Å². The Bertz CT molecular complexity index is 141. The fourth-order valence-corrected chi connectivity index (χ4v) is 82.6. The van der Waals surface area contributed by atoms with E-state index in [0.717, 1.165) is 0 Å². The third-order valence-corrected chi connectivity index (χ3v) is 66.5. The molecule has 0 nitrogen and oxygen atoms in total. The molecule has 0 spiro atoms. The van der Waals surface area contributed by atoms with Gasteiger partial charge < -0.3 is 0 Å². The average molecular weight is 419 g/mol. The van der Waals surface area contributed by atoms with Crippen molar-refractivity contribution in [3.8, 4) is 0 Å². The van der Waals surface area contributed by atoms with Crippen LogP contribution in [0.25, 0.3) is 0 Å². The van der Waals surface area contributed by atoms with Crippen molar-refractivity contribution in [2.45, 2.75) is 0 Å².